The molecule has 0 amide bonds. The molecule has 0 bridgehead atoms. The quantitative estimate of drug-likeness (QED) is 0.426. The first-order valence-electron chi connectivity index (χ1n) is 9.16. The van der Waals surface area contributed by atoms with Crippen LogP contribution in [0.4, 0.5) is 0 Å². The maximum Gasteiger partial charge on any atom is 0.0775 e. The van der Waals surface area contributed by atoms with Gasteiger partial charge >= 0.3 is 0 Å². The second kappa shape index (κ2) is 8.22. The van der Waals surface area contributed by atoms with E-state index in [1.165, 1.54) is 21.2 Å². The Bertz CT molecular complexity index is 1090. The first-order chi connectivity index (χ1) is 13.3. The van der Waals surface area contributed by atoms with Gasteiger partial charge in [-0.05, 0) is 47.5 Å². The Labute approximate surface area is 164 Å². The van der Waals surface area contributed by atoms with Crippen molar-refractivity contribution in [3.8, 4) is 11.8 Å². The summed E-state index contributed by atoms with van der Waals surface area (Å²) in [6, 6.07) is 29.8. The topological polar surface area (TPSA) is 12.0 Å². The highest BCUT2D eigenvalue weighted by Crippen LogP contribution is 2.25. The molecule has 0 aliphatic carbocycles. The van der Waals surface area contributed by atoms with Crippen LogP contribution < -0.4 is 5.32 Å². The lowest BCUT2D eigenvalue weighted by Gasteiger charge is -2.16. The lowest BCUT2D eigenvalue weighted by Crippen LogP contribution is -2.17. The van der Waals surface area contributed by atoms with Crippen molar-refractivity contribution >= 4 is 22.1 Å². The molecule has 0 saturated carbocycles. The Balaban J connectivity index is 1.43. The average Bonchev–Trinajstić information content (AvgIpc) is 3.19. The third-order valence-corrected chi connectivity index (χ3v) is 5.64. The molecule has 1 N–H and O–H groups in total. The van der Waals surface area contributed by atoms with E-state index in [-0.39, 0.29) is 6.04 Å². The van der Waals surface area contributed by atoms with Crippen LogP contribution in [0, 0.1) is 11.8 Å². The van der Waals surface area contributed by atoms with Crippen molar-refractivity contribution < 1.29 is 0 Å². The molecule has 1 heterocycles. The van der Waals surface area contributed by atoms with Gasteiger partial charge in [-0.25, -0.2) is 0 Å². The predicted octanol–water partition coefficient (Wildman–Crippen LogP) is 6.15. The first-order valence-corrected chi connectivity index (χ1v) is 9.98. The van der Waals surface area contributed by atoms with Gasteiger partial charge in [0.1, 0.15) is 0 Å². The summed E-state index contributed by atoms with van der Waals surface area (Å²) in [6.45, 7) is 3.08. The van der Waals surface area contributed by atoms with Crippen LogP contribution in [0.5, 0.6) is 0 Å². The molecule has 132 valence electrons. The molecular formula is C25H21NS. The Kier molecular flexibility index (Phi) is 5.34. The van der Waals surface area contributed by atoms with Gasteiger partial charge in [-0.1, -0.05) is 72.5 Å². The van der Waals surface area contributed by atoms with Crippen LogP contribution in [-0.2, 0) is 6.54 Å². The van der Waals surface area contributed by atoms with E-state index in [0.29, 0.717) is 0 Å². The molecular weight excluding hydrogens is 346 g/mol. The standard InChI is InChI=1S/C25H21NS/c1-19(24-13-7-11-21-10-5-6-12-25(21)24)26-18-23-17-16-22(27-23)15-14-20-8-3-2-4-9-20/h2-13,16-17,19,26H,18H2,1H3/t19-/m1/s1. The largest absolute Gasteiger partial charge is 0.305 e. The van der Waals surface area contributed by atoms with E-state index in [2.05, 4.69) is 78.7 Å². The van der Waals surface area contributed by atoms with Crippen molar-refractivity contribution in [3.63, 3.8) is 0 Å². The highest BCUT2D eigenvalue weighted by Gasteiger charge is 2.09. The van der Waals surface area contributed by atoms with E-state index in [1.54, 1.807) is 11.3 Å². The van der Waals surface area contributed by atoms with Crippen LogP contribution in [0.1, 0.15) is 33.8 Å². The summed E-state index contributed by atoms with van der Waals surface area (Å²) in [6.07, 6.45) is 0. The molecule has 0 unspecified atom stereocenters. The maximum atomic E-state index is 3.66. The van der Waals surface area contributed by atoms with Gasteiger partial charge in [0.05, 0.1) is 4.88 Å². The van der Waals surface area contributed by atoms with Gasteiger partial charge < -0.3 is 5.32 Å². The van der Waals surface area contributed by atoms with Crippen molar-refractivity contribution in [3.05, 3.63) is 106 Å². The van der Waals surface area contributed by atoms with E-state index in [4.69, 9.17) is 0 Å². The lowest BCUT2D eigenvalue weighted by molar-refractivity contribution is 0.582. The molecule has 0 aliphatic rings. The molecule has 1 aromatic heterocycles. The summed E-state index contributed by atoms with van der Waals surface area (Å²) in [5.41, 5.74) is 2.39. The number of nitrogens with one attached hydrogen (secondary N) is 1. The number of fused-ring (bicyclic) bond motifs is 1. The number of rotatable bonds is 4. The minimum Gasteiger partial charge on any atom is -0.305 e. The number of hydrogen-bond donors (Lipinski definition) is 1. The molecule has 3 aromatic carbocycles. The fraction of sp³-hybridized carbons (Fsp3) is 0.120. The van der Waals surface area contributed by atoms with Gasteiger partial charge in [0.15, 0.2) is 0 Å². The molecule has 0 fully saturated rings. The van der Waals surface area contributed by atoms with Crippen LogP contribution in [0.2, 0.25) is 0 Å². The van der Waals surface area contributed by atoms with Crippen molar-refractivity contribution in [2.45, 2.75) is 19.5 Å². The highest BCUT2D eigenvalue weighted by atomic mass is 32.1. The molecule has 0 aliphatic heterocycles. The summed E-state index contributed by atoms with van der Waals surface area (Å²) in [5.74, 6) is 6.49. The fourth-order valence-corrected chi connectivity index (χ4v) is 4.00. The second-order valence-electron chi connectivity index (χ2n) is 6.55. The van der Waals surface area contributed by atoms with Crippen LogP contribution in [0.15, 0.2) is 84.9 Å². The smallest absolute Gasteiger partial charge is 0.0775 e. The summed E-state index contributed by atoms with van der Waals surface area (Å²) < 4.78 is 0. The SMILES string of the molecule is C[C@@H](NCc1ccc(C#Cc2ccccc2)s1)c1cccc2ccccc12. The molecule has 0 spiro atoms. The summed E-state index contributed by atoms with van der Waals surface area (Å²) in [4.78, 5) is 2.41. The molecule has 0 radical (unpaired) electrons. The molecule has 27 heavy (non-hydrogen) atoms. The van der Waals surface area contributed by atoms with Gasteiger partial charge in [0.2, 0.25) is 0 Å². The average molecular weight is 368 g/mol. The molecule has 1 nitrogen and oxygen atoms in total. The molecule has 2 heteroatoms. The van der Waals surface area contributed by atoms with Crippen molar-refractivity contribution in [2.24, 2.45) is 0 Å². The molecule has 4 aromatic rings. The predicted molar refractivity (Wildman–Crippen MR) is 116 cm³/mol. The van der Waals surface area contributed by atoms with E-state index < -0.39 is 0 Å². The van der Waals surface area contributed by atoms with Gasteiger partial charge in [0.25, 0.3) is 0 Å². The number of hydrogen-bond acceptors (Lipinski definition) is 2. The lowest BCUT2D eigenvalue weighted by atomic mass is 10.00. The fourth-order valence-electron chi connectivity index (χ4n) is 3.19. The second-order valence-corrected chi connectivity index (χ2v) is 7.72. The third kappa shape index (κ3) is 4.28. The third-order valence-electron chi connectivity index (χ3n) is 4.64. The summed E-state index contributed by atoms with van der Waals surface area (Å²) in [7, 11) is 0. The minimum absolute atomic E-state index is 0.289. The minimum atomic E-state index is 0.289. The van der Waals surface area contributed by atoms with Crippen LogP contribution in [0.25, 0.3) is 10.8 Å². The number of benzene rings is 3. The Morgan fingerprint density at radius 1 is 0.815 bits per heavy atom. The van der Waals surface area contributed by atoms with Crippen LogP contribution in [-0.4, -0.2) is 0 Å². The maximum absolute atomic E-state index is 3.66. The van der Waals surface area contributed by atoms with Crippen molar-refractivity contribution in [2.75, 3.05) is 0 Å². The monoisotopic (exact) mass is 367 g/mol. The highest BCUT2D eigenvalue weighted by molar-refractivity contribution is 7.12. The van der Waals surface area contributed by atoms with Gasteiger partial charge in [-0.15, -0.1) is 11.3 Å². The zero-order chi connectivity index (χ0) is 18.5. The van der Waals surface area contributed by atoms with Crippen LogP contribution in [0.3, 0.4) is 0 Å². The van der Waals surface area contributed by atoms with Crippen LogP contribution >= 0.6 is 11.3 Å². The van der Waals surface area contributed by atoms with E-state index in [1.807, 2.05) is 30.3 Å². The zero-order valence-electron chi connectivity index (χ0n) is 15.3. The molecule has 1 atom stereocenters. The molecule has 0 saturated heterocycles. The van der Waals surface area contributed by atoms with Crippen molar-refractivity contribution in [1.29, 1.82) is 0 Å². The Hall–Kier alpha value is -2.86. The Morgan fingerprint density at radius 2 is 1.59 bits per heavy atom. The van der Waals surface area contributed by atoms with E-state index >= 15 is 0 Å². The number of thiophene rings is 1. The van der Waals surface area contributed by atoms with E-state index in [9.17, 15) is 0 Å². The van der Waals surface area contributed by atoms with E-state index in [0.717, 1.165) is 17.0 Å². The first kappa shape index (κ1) is 17.5. The van der Waals surface area contributed by atoms with Gasteiger partial charge in [-0.2, -0.15) is 0 Å². The zero-order valence-corrected chi connectivity index (χ0v) is 16.1. The van der Waals surface area contributed by atoms with Gasteiger partial charge in [0, 0.05) is 23.0 Å². The normalized spacial score (nSPS) is 11.7. The summed E-state index contributed by atoms with van der Waals surface area (Å²) >= 11 is 1.76. The van der Waals surface area contributed by atoms with Crippen molar-refractivity contribution in [1.82, 2.24) is 5.32 Å². The molecule has 4 rings (SSSR count). The summed E-state index contributed by atoms with van der Waals surface area (Å²) in [5, 5.41) is 6.27. The van der Waals surface area contributed by atoms with Gasteiger partial charge in [-0.3, -0.25) is 0 Å². The Morgan fingerprint density at radius 3 is 2.48 bits per heavy atom.